The maximum absolute atomic E-state index is 11.6. The number of benzene rings is 1. The molecule has 0 atom stereocenters. The first-order valence-corrected chi connectivity index (χ1v) is 6.26. The van der Waals surface area contributed by atoms with Crippen LogP contribution in [0, 0.1) is 0 Å². The van der Waals surface area contributed by atoms with Crippen LogP contribution in [-0.2, 0) is 11.2 Å². The summed E-state index contributed by atoms with van der Waals surface area (Å²) >= 11 is 0. The molecule has 0 aliphatic carbocycles. The van der Waals surface area contributed by atoms with Crippen LogP contribution in [0.5, 0.6) is 0 Å². The molecule has 0 radical (unpaired) electrons. The van der Waals surface area contributed by atoms with Crippen LogP contribution >= 0.6 is 0 Å². The van der Waals surface area contributed by atoms with E-state index in [0.29, 0.717) is 17.8 Å². The third kappa shape index (κ3) is 3.47. The largest absolute Gasteiger partial charge is 0.444 e. The zero-order valence-electron chi connectivity index (χ0n) is 11.4. The highest BCUT2D eigenvalue weighted by Crippen LogP contribution is 2.19. The number of hydrogen-bond donors (Lipinski definition) is 2. The first-order chi connectivity index (χ1) is 8.85. The summed E-state index contributed by atoms with van der Waals surface area (Å²) in [5, 5.41) is 5.45. The van der Waals surface area contributed by atoms with Gasteiger partial charge in [-0.05, 0) is 51.0 Å². The Kier molecular flexibility index (Phi) is 3.46. The minimum atomic E-state index is -0.530. The molecule has 5 heteroatoms. The third-order valence-corrected chi connectivity index (χ3v) is 2.68. The quantitative estimate of drug-likeness (QED) is 0.816. The molecule has 1 aromatic carbocycles. The first kappa shape index (κ1) is 13.4. The average Bonchev–Trinajstić information content (AvgIpc) is 2.26. The molecular weight excluding hydrogens is 244 g/mol. The molecule has 102 valence electrons. The molecule has 0 spiro atoms. The lowest BCUT2D eigenvalue weighted by Gasteiger charge is -2.21. The number of carbonyl (C=O) groups excluding carboxylic acids is 2. The summed E-state index contributed by atoms with van der Waals surface area (Å²) in [4.78, 5) is 23.2. The predicted octanol–water partition coefficient (Wildman–Crippen LogP) is 2.32. The molecule has 2 amide bonds. The summed E-state index contributed by atoms with van der Waals surface area (Å²) < 4.78 is 5.18. The monoisotopic (exact) mass is 262 g/mol. The van der Waals surface area contributed by atoms with Crippen LogP contribution in [0.25, 0.3) is 0 Å². The van der Waals surface area contributed by atoms with Crippen molar-refractivity contribution in [2.75, 3.05) is 11.9 Å². The number of nitrogens with one attached hydrogen (secondary N) is 2. The second-order valence-electron chi connectivity index (χ2n) is 5.50. The highest BCUT2D eigenvalue weighted by molar-refractivity contribution is 5.97. The topological polar surface area (TPSA) is 67.4 Å². The molecule has 0 saturated carbocycles. The van der Waals surface area contributed by atoms with Gasteiger partial charge in [-0.3, -0.25) is 10.1 Å². The molecule has 0 unspecified atom stereocenters. The van der Waals surface area contributed by atoms with Gasteiger partial charge in [0.15, 0.2) is 0 Å². The molecule has 1 aliphatic heterocycles. The van der Waals surface area contributed by atoms with Crippen molar-refractivity contribution >= 4 is 17.7 Å². The Hall–Kier alpha value is -2.04. The summed E-state index contributed by atoms with van der Waals surface area (Å²) in [5.74, 6) is -0.0648. The molecule has 19 heavy (non-hydrogen) atoms. The number of ether oxygens (including phenoxy) is 1. The molecule has 2 N–H and O–H groups in total. The zero-order valence-corrected chi connectivity index (χ0v) is 11.4. The van der Waals surface area contributed by atoms with Crippen molar-refractivity contribution in [1.29, 1.82) is 0 Å². The molecule has 1 aliphatic rings. The normalized spacial score (nSPS) is 14.4. The summed E-state index contributed by atoms with van der Waals surface area (Å²) in [6.07, 6.45) is 0.276. The molecular formula is C14H18N2O3. The predicted molar refractivity (Wildman–Crippen MR) is 72.3 cm³/mol. The van der Waals surface area contributed by atoms with E-state index < -0.39 is 11.7 Å². The lowest BCUT2D eigenvalue weighted by Crippen LogP contribution is -2.32. The van der Waals surface area contributed by atoms with E-state index in [1.54, 1.807) is 12.1 Å². The maximum Gasteiger partial charge on any atom is 0.412 e. The fraction of sp³-hybridized carbons (Fsp3) is 0.429. The zero-order chi connectivity index (χ0) is 14.0. The maximum atomic E-state index is 11.6. The lowest BCUT2D eigenvalue weighted by atomic mass is 10.00. The van der Waals surface area contributed by atoms with Gasteiger partial charge in [-0.1, -0.05) is 0 Å². The molecule has 0 fully saturated rings. The van der Waals surface area contributed by atoms with Gasteiger partial charge in [0.25, 0.3) is 5.91 Å². The van der Waals surface area contributed by atoms with Crippen LogP contribution in [-0.4, -0.2) is 24.1 Å². The molecule has 5 nitrogen and oxygen atoms in total. The Balaban J connectivity index is 2.10. The number of amides is 2. The SMILES string of the molecule is CC(C)(C)OC(=O)Nc1ccc2c(c1)CCNC2=O. The van der Waals surface area contributed by atoms with E-state index in [0.717, 1.165) is 12.0 Å². The number of rotatable bonds is 1. The van der Waals surface area contributed by atoms with E-state index in [9.17, 15) is 9.59 Å². The Morgan fingerprint density at radius 3 is 2.79 bits per heavy atom. The number of fused-ring (bicyclic) bond motifs is 1. The van der Waals surface area contributed by atoms with Crippen molar-refractivity contribution in [2.45, 2.75) is 32.8 Å². The highest BCUT2D eigenvalue weighted by atomic mass is 16.6. The van der Waals surface area contributed by atoms with Gasteiger partial charge in [0.1, 0.15) is 5.60 Å². The van der Waals surface area contributed by atoms with Crippen molar-refractivity contribution in [3.63, 3.8) is 0 Å². The van der Waals surface area contributed by atoms with Crippen LogP contribution in [0.2, 0.25) is 0 Å². The smallest absolute Gasteiger partial charge is 0.412 e. The standard InChI is InChI=1S/C14H18N2O3/c1-14(2,3)19-13(18)16-10-4-5-11-9(8-10)6-7-15-12(11)17/h4-5,8H,6-7H2,1-3H3,(H,15,17)(H,16,18). The van der Waals surface area contributed by atoms with Crippen molar-refractivity contribution < 1.29 is 14.3 Å². The van der Waals surface area contributed by atoms with Crippen LogP contribution in [0.3, 0.4) is 0 Å². The van der Waals surface area contributed by atoms with E-state index in [1.807, 2.05) is 26.8 Å². The lowest BCUT2D eigenvalue weighted by molar-refractivity contribution is 0.0636. The van der Waals surface area contributed by atoms with E-state index in [2.05, 4.69) is 10.6 Å². The average molecular weight is 262 g/mol. The highest BCUT2D eigenvalue weighted by Gasteiger charge is 2.19. The van der Waals surface area contributed by atoms with Gasteiger partial charge in [0.2, 0.25) is 0 Å². The van der Waals surface area contributed by atoms with E-state index >= 15 is 0 Å². The number of anilines is 1. The van der Waals surface area contributed by atoms with Gasteiger partial charge in [-0.2, -0.15) is 0 Å². The minimum absolute atomic E-state index is 0.0648. The summed E-state index contributed by atoms with van der Waals surface area (Å²) in [6, 6.07) is 5.24. The molecule has 2 rings (SSSR count). The van der Waals surface area contributed by atoms with Gasteiger partial charge in [-0.25, -0.2) is 4.79 Å². The Morgan fingerprint density at radius 2 is 2.11 bits per heavy atom. The summed E-state index contributed by atoms with van der Waals surface area (Å²) in [5.41, 5.74) is 1.72. The summed E-state index contributed by atoms with van der Waals surface area (Å²) in [6.45, 7) is 6.05. The van der Waals surface area contributed by atoms with E-state index in [1.165, 1.54) is 0 Å². The van der Waals surface area contributed by atoms with Gasteiger partial charge in [0.05, 0.1) is 0 Å². The number of hydrogen-bond acceptors (Lipinski definition) is 3. The van der Waals surface area contributed by atoms with Gasteiger partial charge >= 0.3 is 6.09 Å². The fourth-order valence-electron chi connectivity index (χ4n) is 1.93. The van der Waals surface area contributed by atoms with Crippen molar-refractivity contribution in [3.8, 4) is 0 Å². The van der Waals surface area contributed by atoms with Gasteiger partial charge < -0.3 is 10.1 Å². The minimum Gasteiger partial charge on any atom is -0.444 e. The Labute approximate surface area is 112 Å². The van der Waals surface area contributed by atoms with Crippen molar-refractivity contribution in [3.05, 3.63) is 29.3 Å². The molecule has 1 heterocycles. The Bertz CT molecular complexity index is 518. The van der Waals surface area contributed by atoms with Crippen LogP contribution < -0.4 is 10.6 Å². The second-order valence-corrected chi connectivity index (χ2v) is 5.50. The van der Waals surface area contributed by atoms with E-state index in [-0.39, 0.29) is 5.91 Å². The number of carbonyl (C=O) groups is 2. The van der Waals surface area contributed by atoms with Gasteiger partial charge in [-0.15, -0.1) is 0 Å². The Morgan fingerprint density at radius 1 is 1.37 bits per heavy atom. The van der Waals surface area contributed by atoms with E-state index in [4.69, 9.17) is 4.74 Å². The van der Waals surface area contributed by atoms with Crippen molar-refractivity contribution in [1.82, 2.24) is 5.32 Å². The molecule has 0 bridgehead atoms. The first-order valence-electron chi connectivity index (χ1n) is 6.26. The molecule has 0 aromatic heterocycles. The fourth-order valence-corrected chi connectivity index (χ4v) is 1.93. The molecule has 1 aromatic rings. The van der Waals surface area contributed by atoms with Crippen LogP contribution in [0.1, 0.15) is 36.7 Å². The molecule has 0 saturated heterocycles. The second kappa shape index (κ2) is 4.91. The third-order valence-electron chi connectivity index (χ3n) is 2.68. The van der Waals surface area contributed by atoms with Crippen LogP contribution in [0.15, 0.2) is 18.2 Å². The summed E-state index contributed by atoms with van der Waals surface area (Å²) in [7, 11) is 0. The van der Waals surface area contributed by atoms with Gasteiger partial charge in [0, 0.05) is 17.8 Å². The van der Waals surface area contributed by atoms with Crippen LogP contribution in [0.4, 0.5) is 10.5 Å². The van der Waals surface area contributed by atoms with Crippen molar-refractivity contribution in [2.24, 2.45) is 0 Å².